The van der Waals surface area contributed by atoms with Gasteiger partial charge >= 0.3 is 0 Å². The van der Waals surface area contributed by atoms with E-state index >= 15 is 0 Å². The molecule has 2 aliphatic rings. The van der Waals surface area contributed by atoms with Gasteiger partial charge in [0, 0.05) is 23.7 Å². The van der Waals surface area contributed by atoms with Gasteiger partial charge in [0.2, 0.25) is 5.91 Å². The van der Waals surface area contributed by atoms with Crippen molar-refractivity contribution < 1.29 is 9.59 Å². The number of carbonyl (C=O) groups excluding carboxylic acids is 2. The lowest BCUT2D eigenvalue weighted by Crippen LogP contribution is -2.35. The standard InChI is InChI=1S/C19H21N5O2/c1-10(25)11-4-5-15(20-8-11)22-13-6-12(7-13)14-9-21-17-16(23-14)19(2,3)18(26)24-17/h4-5,8-9,12-13H,6-7H2,1-3H3,(H,20,22)(H,21,24,26). The van der Waals surface area contributed by atoms with E-state index in [9.17, 15) is 9.59 Å². The molecule has 7 heteroatoms. The molecule has 1 aliphatic carbocycles. The molecule has 0 spiro atoms. The number of hydrogen-bond acceptors (Lipinski definition) is 6. The molecule has 0 unspecified atom stereocenters. The second-order valence-corrected chi connectivity index (χ2v) is 7.57. The average molecular weight is 351 g/mol. The number of hydrogen-bond donors (Lipinski definition) is 2. The molecule has 0 bridgehead atoms. The fourth-order valence-electron chi connectivity index (χ4n) is 3.37. The lowest BCUT2D eigenvalue weighted by atomic mass is 9.78. The van der Waals surface area contributed by atoms with Crippen molar-refractivity contribution in [3.63, 3.8) is 0 Å². The molecule has 134 valence electrons. The van der Waals surface area contributed by atoms with Gasteiger partial charge in [-0.05, 0) is 45.7 Å². The highest BCUT2D eigenvalue weighted by molar-refractivity contribution is 6.03. The van der Waals surface area contributed by atoms with Gasteiger partial charge in [-0.3, -0.25) is 14.6 Å². The number of amides is 1. The molecule has 4 rings (SSSR count). The topological polar surface area (TPSA) is 96.9 Å². The summed E-state index contributed by atoms with van der Waals surface area (Å²) in [5.41, 5.74) is 1.65. The van der Waals surface area contributed by atoms with Gasteiger partial charge in [0.15, 0.2) is 11.6 Å². The summed E-state index contributed by atoms with van der Waals surface area (Å²) in [6, 6.07) is 3.93. The molecule has 0 aromatic carbocycles. The van der Waals surface area contributed by atoms with Crippen molar-refractivity contribution in [2.24, 2.45) is 0 Å². The third kappa shape index (κ3) is 2.73. The fraction of sp³-hybridized carbons (Fsp3) is 0.421. The van der Waals surface area contributed by atoms with Crippen molar-refractivity contribution in [1.82, 2.24) is 15.0 Å². The highest BCUT2D eigenvalue weighted by atomic mass is 16.2. The SMILES string of the molecule is CC(=O)c1ccc(NC2CC(c3cnc4c(n3)C(C)(C)C(=O)N4)C2)nc1. The van der Waals surface area contributed by atoms with E-state index in [1.165, 1.54) is 6.92 Å². The Bertz CT molecular complexity index is 885. The molecule has 0 saturated heterocycles. The summed E-state index contributed by atoms with van der Waals surface area (Å²) in [5, 5.41) is 6.17. The molecular weight excluding hydrogens is 330 g/mol. The van der Waals surface area contributed by atoms with Crippen molar-refractivity contribution >= 4 is 23.3 Å². The van der Waals surface area contributed by atoms with Gasteiger partial charge in [-0.2, -0.15) is 0 Å². The number of anilines is 2. The van der Waals surface area contributed by atoms with Crippen LogP contribution in [0, 0.1) is 0 Å². The van der Waals surface area contributed by atoms with Crippen LogP contribution in [-0.2, 0) is 10.2 Å². The van der Waals surface area contributed by atoms with Gasteiger partial charge in [-0.1, -0.05) is 0 Å². The Hall–Kier alpha value is -2.83. The van der Waals surface area contributed by atoms with Gasteiger partial charge < -0.3 is 10.6 Å². The van der Waals surface area contributed by atoms with Gasteiger partial charge in [-0.15, -0.1) is 0 Å². The van der Waals surface area contributed by atoms with E-state index < -0.39 is 5.41 Å². The van der Waals surface area contributed by atoms with E-state index in [0.717, 1.165) is 30.0 Å². The number of rotatable bonds is 4. The molecule has 1 amide bonds. The predicted molar refractivity (Wildman–Crippen MR) is 97.3 cm³/mol. The largest absolute Gasteiger partial charge is 0.367 e. The van der Waals surface area contributed by atoms with E-state index in [-0.39, 0.29) is 11.7 Å². The van der Waals surface area contributed by atoms with Crippen LogP contribution in [-0.4, -0.2) is 32.7 Å². The maximum Gasteiger partial charge on any atom is 0.237 e. The van der Waals surface area contributed by atoms with Crippen molar-refractivity contribution in [1.29, 1.82) is 0 Å². The number of nitrogens with zero attached hydrogens (tertiary/aromatic N) is 3. The Kier molecular flexibility index (Phi) is 3.75. The number of nitrogens with one attached hydrogen (secondary N) is 2. The normalized spacial score (nSPS) is 23.0. The lowest BCUT2D eigenvalue weighted by Gasteiger charge is -2.36. The van der Waals surface area contributed by atoms with E-state index in [1.54, 1.807) is 18.5 Å². The summed E-state index contributed by atoms with van der Waals surface area (Å²) in [6.45, 7) is 5.27. The summed E-state index contributed by atoms with van der Waals surface area (Å²) >= 11 is 0. The second-order valence-electron chi connectivity index (χ2n) is 7.57. The third-order valence-electron chi connectivity index (χ3n) is 5.26. The first-order valence-corrected chi connectivity index (χ1v) is 8.77. The van der Waals surface area contributed by atoms with Crippen LogP contribution in [0.15, 0.2) is 24.5 Å². The zero-order valence-electron chi connectivity index (χ0n) is 15.0. The Morgan fingerprint density at radius 3 is 2.65 bits per heavy atom. The number of carbonyl (C=O) groups is 2. The predicted octanol–water partition coefficient (Wildman–Crippen LogP) is 2.66. The molecular formula is C19H21N5O2. The lowest BCUT2D eigenvalue weighted by molar-refractivity contribution is -0.119. The van der Waals surface area contributed by atoms with E-state index in [1.807, 2.05) is 19.9 Å². The van der Waals surface area contributed by atoms with Gasteiger partial charge in [0.1, 0.15) is 5.82 Å². The molecule has 7 nitrogen and oxygen atoms in total. The van der Waals surface area contributed by atoms with Gasteiger partial charge in [0.05, 0.1) is 23.0 Å². The summed E-state index contributed by atoms with van der Waals surface area (Å²) in [5.74, 6) is 1.63. The van der Waals surface area contributed by atoms with Gasteiger partial charge in [0.25, 0.3) is 0 Å². The minimum atomic E-state index is -0.637. The second kappa shape index (κ2) is 5.86. The van der Waals surface area contributed by atoms with Crippen molar-refractivity contribution in [3.05, 3.63) is 41.5 Å². The third-order valence-corrected chi connectivity index (χ3v) is 5.26. The van der Waals surface area contributed by atoms with E-state index in [2.05, 4.69) is 20.6 Å². The summed E-state index contributed by atoms with van der Waals surface area (Å²) in [7, 11) is 0. The zero-order chi connectivity index (χ0) is 18.5. The highest BCUT2D eigenvalue weighted by Crippen LogP contribution is 2.40. The Morgan fingerprint density at radius 1 is 1.23 bits per heavy atom. The van der Waals surface area contributed by atoms with Crippen LogP contribution < -0.4 is 10.6 Å². The Balaban J connectivity index is 1.40. The number of fused-ring (bicyclic) bond motifs is 1. The smallest absolute Gasteiger partial charge is 0.237 e. The maximum atomic E-state index is 12.0. The van der Waals surface area contributed by atoms with E-state index in [4.69, 9.17) is 4.98 Å². The number of ketones is 1. The summed E-state index contributed by atoms with van der Waals surface area (Å²) in [6.07, 6.45) is 5.23. The average Bonchev–Trinajstić information content (AvgIpc) is 2.80. The van der Waals surface area contributed by atoms with Crippen LogP contribution >= 0.6 is 0 Å². The monoisotopic (exact) mass is 351 g/mol. The molecule has 0 atom stereocenters. The number of Topliss-reactive ketones (excluding diaryl/α,β-unsaturated/α-hetero) is 1. The first kappa shape index (κ1) is 16.6. The first-order chi connectivity index (χ1) is 12.3. The van der Waals surface area contributed by atoms with Crippen molar-refractivity contribution in [2.75, 3.05) is 10.6 Å². The van der Waals surface area contributed by atoms with Gasteiger partial charge in [-0.25, -0.2) is 9.97 Å². The molecule has 2 aromatic rings. The first-order valence-electron chi connectivity index (χ1n) is 8.77. The maximum absolute atomic E-state index is 12.0. The van der Waals surface area contributed by atoms with E-state index in [0.29, 0.717) is 23.3 Å². The molecule has 2 N–H and O–H groups in total. The minimum Gasteiger partial charge on any atom is -0.367 e. The van der Waals surface area contributed by atoms with Crippen LogP contribution in [0.1, 0.15) is 61.3 Å². The Labute approximate surface area is 151 Å². The van der Waals surface area contributed by atoms with Crippen LogP contribution in [0.25, 0.3) is 0 Å². The van der Waals surface area contributed by atoms with Crippen LogP contribution in [0.4, 0.5) is 11.6 Å². The molecule has 26 heavy (non-hydrogen) atoms. The molecule has 1 fully saturated rings. The molecule has 1 aliphatic heterocycles. The summed E-state index contributed by atoms with van der Waals surface area (Å²) in [4.78, 5) is 36.7. The van der Waals surface area contributed by atoms with Crippen LogP contribution in [0.3, 0.4) is 0 Å². The van der Waals surface area contributed by atoms with Crippen LogP contribution in [0.5, 0.6) is 0 Å². The highest BCUT2D eigenvalue weighted by Gasteiger charge is 2.42. The molecule has 1 saturated carbocycles. The summed E-state index contributed by atoms with van der Waals surface area (Å²) < 4.78 is 0. The van der Waals surface area contributed by atoms with Crippen molar-refractivity contribution in [2.45, 2.75) is 51.0 Å². The molecule has 2 aromatic heterocycles. The van der Waals surface area contributed by atoms with Crippen LogP contribution in [0.2, 0.25) is 0 Å². The molecule has 3 heterocycles. The fourth-order valence-corrected chi connectivity index (χ4v) is 3.37. The minimum absolute atomic E-state index is 0.0128. The number of pyridine rings is 1. The number of aromatic nitrogens is 3. The molecule has 0 radical (unpaired) electrons. The quantitative estimate of drug-likeness (QED) is 0.822. The van der Waals surface area contributed by atoms with Crippen molar-refractivity contribution in [3.8, 4) is 0 Å². The zero-order valence-corrected chi connectivity index (χ0v) is 15.0. The Morgan fingerprint density at radius 2 is 2.00 bits per heavy atom.